The maximum Gasteiger partial charge on any atom is 2.00 e. The van der Waals surface area contributed by atoms with Crippen LogP contribution in [0.15, 0.2) is 48.5 Å². The molecule has 2 aromatic carbocycles. The molecule has 1 aliphatic carbocycles. The van der Waals surface area contributed by atoms with E-state index in [0.29, 0.717) is 17.7 Å². The van der Waals surface area contributed by atoms with Gasteiger partial charge in [-0.05, 0) is 35.3 Å². The van der Waals surface area contributed by atoms with Gasteiger partial charge in [0.05, 0.1) is 0 Å². The molecule has 0 saturated heterocycles. The molecule has 3 rings (SSSR count). The number of nitrogens with one attached hydrogen (secondary N) is 3. The van der Waals surface area contributed by atoms with Crippen molar-refractivity contribution in [3.63, 3.8) is 0 Å². The largest absolute Gasteiger partial charge is 2.00 e. The van der Waals surface area contributed by atoms with E-state index in [-0.39, 0.29) is 43.0 Å². The average Bonchev–Trinajstić information content (AvgIpc) is 2.69. The molecule has 0 fully saturated rings. The van der Waals surface area contributed by atoms with Crippen LogP contribution in [0.4, 0.5) is 0 Å². The monoisotopic (exact) mass is 478 g/mol. The molecule has 0 aliphatic heterocycles. The summed E-state index contributed by atoms with van der Waals surface area (Å²) in [5.74, 6) is 0. The van der Waals surface area contributed by atoms with Crippen LogP contribution in [0, 0.1) is 0 Å². The van der Waals surface area contributed by atoms with E-state index >= 15 is 0 Å². The third kappa shape index (κ3) is 7.54. The Morgan fingerprint density at radius 1 is 0.828 bits per heavy atom. The van der Waals surface area contributed by atoms with Gasteiger partial charge in [-0.25, -0.2) is 0 Å². The quantitative estimate of drug-likeness (QED) is 0.442. The summed E-state index contributed by atoms with van der Waals surface area (Å²) >= 11 is 0. The summed E-state index contributed by atoms with van der Waals surface area (Å²) in [7, 11) is 0. The second-order valence-electron chi connectivity index (χ2n) is 6.92. The molecule has 1 aliphatic rings. The summed E-state index contributed by atoms with van der Waals surface area (Å²) in [5.41, 5.74) is 17.6. The summed E-state index contributed by atoms with van der Waals surface area (Å²) in [4.78, 5) is 0. The van der Waals surface area contributed by atoms with Gasteiger partial charge in [-0.2, -0.15) is 24.0 Å². The molecule has 0 heterocycles. The van der Waals surface area contributed by atoms with Crippen LogP contribution in [0.5, 0.6) is 0 Å². The summed E-state index contributed by atoms with van der Waals surface area (Å²) in [6, 6.07) is 14.9. The Morgan fingerprint density at radius 3 is 1.69 bits per heavy atom. The van der Waals surface area contributed by atoms with E-state index in [2.05, 4.69) is 10.6 Å². The third-order valence-electron chi connectivity index (χ3n) is 4.18. The first-order chi connectivity index (χ1) is 13.4. The second-order valence-corrected chi connectivity index (χ2v) is 6.92. The Labute approximate surface area is 186 Å². The van der Waals surface area contributed by atoms with Crippen molar-refractivity contribution in [2.24, 2.45) is 0 Å². The Hall–Kier alpha value is -1.76. The number of benzene rings is 2. The van der Waals surface area contributed by atoms with Crippen LogP contribution in [-0.2, 0) is 19.5 Å². The Morgan fingerprint density at radius 2 is 1.28 bits per heavy atom. The van der Waals surface area contributed by atoms with Crippen molar-refractivity contribution in [1.82, 2.24) is 5.32 Å². The zero-order valence-electron chi connectivity index (χ0n) is 16.8. The third-order valence-corrected chi connectivity index (χ3v) is 4.18. The SMILES string of the molecule is CC([NH-])C[N-]CCNCC(C)[NH-].[N-]=C1C(=[N-])c2ccccc2-c2ccccc21.[Rh+2]. The molecule has 157 valence electrons. The predicted octanol–water partition coefficient (Wildman–Crippen LogP) is 4.91. The molecule has 2 aromatic rings. The number of rotatable bonds is 7. The molecule has 2 atom stereocenters. The van der Waals surface area contributed by atoms with Gasteiger partial charge in [0.2, 0.25) is 0 Å². The van der Waals surface area contributed by atoms with Crippen LogP contribution < -0.4 is 5.32 Å². The number of fused-ring (bicyclic) bond motifs is 3. The fourth-order valence-corrected chi connectivity index (χ4v) is 2.87. The Kier molecular flexibility index (Phi) is 11.1. The maximum absolute atomic E-state index is 9.91. The zero-order valence-corrected chi connectivity index (χ0v) is 18.4. The standard InChI is InChI=1S/C14H8N2.C8H19N4.Rh/c15-13-11-7-3-1-5-9(11)10-6-2-4-8-12(10)14(13)16;1-7(9)5-11-3-4-12-6-8(2)10;/h1-8H;7-11H,3-6H2,1-2H3;/q-2;-3;+2. The van der Waals surface area contributed by atoms with E-state index in [1.807, 2.05) is 50.2 Å². The first-order valence-corrected chi connectivity index (χ1v) is 9.49. The first-order valence-electron chi connectivity index (χ1n) is 9.49. The van der Waals surface area contributed by atoms with E-state index in [4.69, 9.17) is 11.5 Å². The van der Waals surface area contributed by atoms with Gasteiger partial charge in [0.15, 0.2) is 0 Å². The maximum atomic E-state index is 9.91. The molecule has 29 heavy (non-hydrogen) atoms. The Bertz CT molecular complexity index is 736. The minimum absolute atomic E-state index is 0. The van der Waals surface area contributed by atoms with E-state index in [1.165, 1.54) is 0 Å². The zero-order chi connectivity index (χ0) is 20.5. The Balaban J connectivity index is 0.000000295. The molecule has 0 amide bonds. The second kappa shape index (κ2) is 12.7. The minimum Gasteiger partial charge on any atom is -0.804 e. The molecule has 6 nitrogen and oxygen atoms in total. The summed E-state index contributed by atoms with van der Waals surface area (Å²) in [5, 5.41) is 27.1. The van der Waals surface area contributed by atoms with Crippen molar-refractivity contribution in [2.45, 2.75) is 25.9 Å². The van der Waals surface area contributed by atoms with Gasteiger partial charge in [0, 0.05) is 0 Å². The van der Waals surface area contributed by atoms with Crippen molar-refractivity contribution in [2.75, 3.05) is 26.2 Å². The van der Waals surface area contributed by atoms with Gasteiger partial charge in [0.1, 0.15) is 0 Å². The fraction of sp³-hybridized carbons (Fsp3) is 0.364. The minimum atomic E-state index is -0.0832. The predicted molar refractivity (Wildman–Crippen MR) is 120 cm³/mol. The van der Waals surface area contributed by atoms with Crippen LogP contribution >= 0.6 is 0 Å². The van der Waals surface area contributed by atoms with Crippen LogP contribution in [0.25, 0.3) is 38.7 Å². The summed E-state index contributed by atoms with van der Waals surface area (Å²) in [6.07, 6.45) is 0. The topological polar surface area (TPSA) is 118 Å². The van der Waals surface area contributed by atoms with Crippen molar-refractivity contribution < 1.29 is 19.5 Å². The van der Waals surface area contributed by atoms with Crippen LogP contribution in [0.3, 0.4) is 0 Å². The van der Waals surface area contributed by atoms with Gasteiger partial charge < -0.3 is 32.9 Å². The molecule has 0 saturated carbocycles. The van der Waals surface area contributed by atoms with Crippen LogP contribution in [0.1, 0.15) is 25.0 Å². The van der Waals surface area contributed by atoms with Gasteiger partial charge in [0.25, 0.3) is 0 Å². The molecule has 0 spiro atoms. The van der Waals surface area contributed by atoms with Gasteiger partial charge >= 0.3 is 19.5 Å². The normalized spacial score (nSPS) is 13.9. The fourth-order valence-electron chi connectivity index (χ4n) is 2.87. The molecule has 0 bridgehead atoms. The number of hydrogen-bond acceptors (Lipinski definition) is 1. The summed E-state index contributed by atoms with van der Waals surface area (Å²) in [6.45, 7) is 6.63. The van der Waals surface area contributed by atoms with Gasteiger partial charge in [-0.15, -0.1) is 12.6 Å². The van der Waals surface area contributed by atoms with Crippen molar-refractivity contribution in [3.8, 4) is 11.1 Å². The van der Waals surface area contributed by atoms with Crippen molar-refractivity contribution in [3.05, 3.63) is 87.3 Å². The molecule has 7 heteroatoms. The van der Waals surface area contributed by atoms with Gasteiger partial charge in [-0.3, -0.25) is 0 Å². The molecule has 2 unspecified atom stereocenters. The number of nitrogens with zero attached hydrogens (tertiary/aromatic N) is 3. The smallest absolute Gasteiger partial charge is 0.804 e. The molecule has 0 aromatic heterocycles. The van der Waals surface area contributed by atoms with E-state index in [0.717, 1.165) is 30.8 Å². The van der Waals surface area contributed by atoms with E-state index in [1.54, 1.807) is 12.1 Å². The van der Waals surface area contributed by atoms with Crippen molar-refractivity contribution >= 4 is 11.4 Å². The van der Waals surface area contributed by atoms with Gasteiger partial charge in [-0.1, -0.05) is 62.4 Å². The number of hydrogen-bond donors (Lipinski definition) is 1. The molecular formula is C22H27N6Rh-3. The average molecular weight is 478 g/mol. The van der Waals surface area contributed by atoms with Crippen LogP contribution in [-0.4, -0.2) is 49.7 Å². The molecule has 3 N–H and O–H groups in total. The molecular weight excluding hydrogens is 451 g/mol. The van der Waals surface area contributed by atoms with Crippen molar-refractivity contribution in [1.29, 1.82) is 0 Å². The summed E-state index contributed by atoms with van der Waals surface area (Å²) < 4.78 is 0. The van der Waals surface area contributed by atoms with E-state index < -0.39 is 0 Å². The van der Waals surface area contributed by atoms with Crippen LogP contribution in [0.2, 0.25) is 0 Å². The first kappa shape index (κ1) is 25.3. The molecule has 1 radical (unpaired) electrons. The van der Waals surface area contributed by atoms with E-state index in [9.17, 15) is 10.8 Å².